The Morgan fingerprint density at radius 1 is 0.750 bits per heavy atom. The summed E-state index contributed by atoms with van der Waals surface area (Å²) in [4.78, 5) is 18.9. The Morgan fingerprint density at radius 3 is 1.50 bits per heavy atom. The van der Waals surface area contributed by atoms with Gasteiger partial charge in [0.05, 0.1) is 0 Å². The fourth-order valence-electron chi connectivity index (χ4n) is 2.33. The third kappa shape index (κ3) is 29.9. The van der Waals surface area contributed by atoms with Crippen molar-refractivity contribution in [3.63, 3.8) is 0 Å². The molecule has 1 unspecified atom stereocenters. The van der Waals surface area contributed by atoms with Crippen LogP contribution in [0.3, 0.4) is 0 Å². The average molecular weight is 352 g/mol. The molecule has 0 radical (unpaired) electrons. The molecule has 0 aliphatic heterocycles. The van der Waals surface area contributed by atoms with Crippen LogP contribution < -0.4 is 29.6 Å². The van der Waals surface area contributed by atoms with E-state index in [4.69, 9.17) is 10.2 Å². The Labute approximate surface area is 171 Å². The molecule has 0 amide bonds. The van der Waals surface area contributed by atoms with Gasteiger partial charge in [0.15, 0.2) is 0 Å². The van der Waals surface area contributed by atoms with Crippen molar-refractivity contribution in [3.8, 4) is 0 Å². The van der Waals surface area contributed by atoms with Crippen molar-refractivity contribution < 1.29 is 49.4 Å². The van der Waals surface area contributed by atoms with E-state index in [0.717, 1.165) is 5.92 Å². The zero-order valence-electron chi connectivity index (χ0n) is 16.2. The Hall–Kier alpha value is -0.0600. The molecule has 5 heteroatoms. The summed E-state index contributed by atoms with van der Waals surface area (Å²) in [6.45, 7) is 8.78. The van der Waals surface area contributed by atoms with Gasteiger partial charge in [-0.05, 0) is 0 Å². The molecule has 0 bridgehead atoms. The van der Waals surface area contributed by atoms with Crippen LogP contribution in [0.5, 0.6) is 0 Å². The molecule has 1 atom stereocenters. The Balaban J connectivity index is -0.000000468. The second-order valence-corrected chi connectivity index (χ2v) is 6.24. The standard InChI is InChI=1S/C16H33.C3H4O4.Na/c1-4-6-8-9-10-11-12-13-15-16(3)14-7-5-2;4-2(5)1-3(6)7;/h16H,3-15H2,1-2H3;1H2,(H,4,5)(H,6,7);/q-1;;+1. The first kappa shape index (κ1) is 28.7. The third-order valence-corrected chi connectivity index (χ3v) is 3.73. The number of carboxylic acids is 2. The number of aliphatic carboxylic acids is 2. The zero-order valence-corrected chi connectivity index (χ0v) is 18.2. The van der Waals surface area contributed by atoms with Gasteiger partial charge in [-0.2, -0.15) is 5.92 Å². The summed E-state index contributed by atoms with van der Waals surface area (Å²) in [5.74, 6) is -1.90. The van der Waals surface area contributed by atoms with Crippen LogP contribution in [0.25, 0.3) is 0 Å². The van der Waals surface area contributed by atoms with Crippen molar-refractivity contribution in [3.05, 3.63) is 6.92 Å². The molecule has 4 nitrogen and oxygen atoms in total. The average Bonchev–Trinajstić information content (AvgIpc) is 2.47. The molecule has 0 heterocycles. The Morgan fingerprint density at radius 2 is 1.12 bits per heavy atom. The van der Waals surface area contributed by atoms with E-state index in [1.54, 1.807) is 0 Å². The van der Waals surface area contributed by atoms with E-state index < -0.39 is 18.4 Å². The molecule has 2 N–H and O–H groups in total. The fourth-order valence-corrected chi connectivity index (χ4v) is 2.33. The molecule has 0 aromatic heterocycles. The predicted octanol–water partition coefficient (Wildman–Crippen LogP) is 2.71. The molecular weight excluding hydrogens is 315 g/mol. The molecule has 138 valence electrons. The largest absolute Gasteiger partial charge is 1.00 e. The minimum absolute atomic E-state index is 0. The van der Waals surface area contributed by atoms with Crippen LogP contribution in [0.1, 0.15) is 97.3 Å². The molecule has 0 fully saturated rings. The second kappa shape index (κ2) is 22.9. The first-order valence-corrected chi connectivity index (χ1v) is 9.20. The minimum atomic E-state index is -1.31. The molecule has 0 aromatic rings. The number of hydrogen-bond donors (Lipinski definition) is 2. The summed E-state index contributed by atoms with van der Waals surface area (Å²) >= 11 is 0. The van der Waals surface area contributed by atoms with Gasteiger partial charge in [-0.3, -0.25) is 9.59 Å². The number of unbranched alkanes of at least 4 members (excludes halogenated alkanes) is 8. The first-order chi connectivity index (χ1) is 10.9. The van der Waals surface area contributed by atoms with Gasteiger partial charge in [0.25, 0.3) is 0 Å². The van der Waals surface area contributed by atoms with Gasteiger partial charge < -0.3 is 17.1 Å². The van der Waals surface area contributed by atoms with E-state index >= 15 is 0 Å². The van der Waals surface area contributed by atoms with E-state index in [1.165, 1.54) is 77.0 Å². The molecule has 0 saturated carbocycles. The summed E-state index contributed by atoms with van der Waals surface area (Å²) in [5.41, 5.74) is 0. The molecule has 0 saturated heterocycles. The maximum Gasteiger partial charge on any atom is 1.00 e. The van der Waals surface area contributed by atoms with Crippen LogP contribution in [0.2, 0.25) is 0 Å². The van der Waals surface area contributed by atoms with Gasteiger partial charge in [0.2, 0.25) is 0 Å². The van der Waals surface area contributed by atoms with E-state index in [0.29, 0.717) is 0 Å². The molecule has 0 aliphatic rings. The first-order valence-electron chi connectivity index (χ1n) is 9.20. The van der Waals surface area contributed by atoms with Crippen LogP contribution in [0, 0.1) is 12.8 Å². The monoisotopic (exact) mass is 352 g/mol. The molecule has 0 spiro atoms. The second-order valence-electron chi connectivity index (χ2n) is 6.24. The predicted molar refractivity (Wildman–Crippen MR) is 95.5 cm³/mol. The van der Waals surface area contributed by atoms with Gasteiger partial charge in [-0.1, -0.05) is 90.9 Å². The summed E-state index contributed by atoms with van der Waals surface area (Å²) < 4.78 is 0. The Kier molecular flexibility index (Phi) is 27.5. The van der Waals surface area contributed by atoms with E-state index in [1.807, 2.05) is 0 Å². The van der Waals surface area contributed by atoms with Crippen molar-refractivity contribution in [2.24, 2.45) is 5.92 Å². The van der Waals surface area contributed by atoms with E-state index in [2.05, 4.69) is 20.8 Å². The van der Waals surface area contributed by atoms with Crippen molar-refractivity contribution in [2.45, 2.75) is 97.3 Å². The Bertz CT molecular complexity index is 271. The SMILES string of the molecule is O=C(O)CC(=O)O.[CH2-]C(CCCC)CCCCCCCCCC.[Na+]. The third-order valence-electron chi connectivity index (χ3n) is 3.73. The zero-order chi connectivity index (χ0) is 17.9. The van der Waals surface area contributed by atoms with Crippen LogP contribution in [0.4, 0.5) is 0 Å². The van der Waals surface area contributed by atoms with Gasteiger partial charge >= 0.3 is 41.5 Å². The van der Waals surface area contributed by atoms with Crippen molar-refractivity contribution >= 4 is 11.9 Å². The summed E-state index contributed by atoms with van der Waals surface area (Å²) in [6.07, 6.45) is 16.0. The number of rotatable bonds is 14. The van der Waals surface area contributed by atoms with Crippen LogP contribution in [-0.2, 0) is 9.59 Å². The smallest absolute Gasteiger partial charge is 0.481 e. The number of carboxylic acid groups (broad SMARTS) is 2. The van der Waals surface area contributed by atoms with Gasteiger partial charge in [0, 0.05) is 0 Å². The fraction of sp³-hybridized carbons (Fsp3) is 0.842. The molecule has 0 aliphatic carbocycles. The maximum absolute atomic E-state index is 9.43. The van der Waals surface area contributed by atoms with Gasteiger partial charge in [-0.25, -0.2) is 0 Å². The van der Waals surface area contributed by atoms with Crippen LogP contribution in [0.15, 0.2) is 0 Å². The van der Waals surface area contributed by atoms with Crippen molar-refractivity contribution in [1.29, 1.82) is 0 Å². The van der Waals surface area contributed by atoms with Gasteiger partial charge in [-0.15, -0.1) is 0 Å². The normalized spacial score (nSPS) is 11.0. The molecule has 24 heavy (non-hydrogen) atoms. The minimum Gasteiger partial charge on any atom is -0.481 e. The summed E-state index contributed by atoms with van der Waals surface area (Å²) in [7, 11) is 0. The van der Waals surface area contributed by atoms with E-state index in [9.17, 15) is 9.59 Å². The summed E-state index contributed by atoms with van der Waals surface area (Å²) in [6, 6.07) is 0. The summed E-state index contributed by atoms with van der Waals surface area (Å²) in [5, 5.41) is 15.4. The maximum atomic E-state index is 9.43. The van der Waals surface area contributed by atoms with Crippen LogP contribution in [-0.4, -0.2) is 22.2 Å². The quantitative estimate of drug-likeness (QED) is 0.218. The van der Waals surface area contributed by atoms with Crippen molar-refractivity contribution in [1.82, 2.24) is 0 Å². The van der Waals surface area contributed by atoms with Gasteiger partial charge in [0.1, 0.15) is 6.42 Å². The van der Waals surface area contributed by atoms with Crippen molar-refractivity contribution in [2.75, 3.05) is 0 Å². The molecular formula is C19H37NaO4. The number of hydrogen-bond acceptors (Lipinski definition) is 2. The number of carbonyl (C=O) groups is 2. The molecule has 0 rings (SSSR count). The topological polar surface area (TPSA) is 74.6 Å². The van der Waals surface area contributed by atoms with E-state index in [-0.39, 0.29) is 29.6 Å². The van der Waals surface area contributed by atoms with Crippen LogP contribution >= 0.6 is 0 Å². The molecule has 0 aromatic carbocycles.